The summed E-state index contributed by atoms with van der Waals surface area (Å²) in [5.74, 6) is 0. The lowest BCUT2D eigenvalue weighted by Gasteiger charge is -2.46. The molecule has 0 fully saturated rings. The van der Waals surface area contributed by atoms with Crippen LogP contribution in [0.15, 0.2) is 400 Å². The molecule has 0 bridgehead atoms. The van der Waals surface area contributed by atoms with Gasteiger partial charge in [0, 0.05) is 80.7 Å². The summed E-state index contributed by atoms with van der Waals surface area (Å²) in [6.45, 7) is 5.73. The normalized spacial score (nSPS) is 12.8. The molecular formula is C107H77BN4. The molecule has 17 aromatic carbocycles. The fourth-order valence-corrected chi connectivity index (χ4v) is 18.0. The fourth-order valence-electron chi connectivity index (χ4n) is 18.0. The van der Waals surface area contributed by atoms with Crippen LogP contribution in [-0.2, 0) is 6.37 Å². The summed E-state index contributed by atoms with van der Waals surface area (Å²) in [6.07, 6.45) is -1.90. The van der Waals surface area contributed by atoms with Crippen molar-refractivity contribution in [2.45, 2.75) is 27.1 Å². The van der Waals surface area contributed by atoms with Gasteiger partial charge in [-0.05, 0) is 185 Å². The summed E-state index contributed by atoms with van der Waals surface area (Å²) in [6, 6.07) is 147. The number of hydrogen-bond acceptors (Lipinski definition) is 2. The maximum atomic E-state index is 10.9. The lowest BCUT2D eigenvalue weighted by Crippen LogP contribution is -2.61. The topological polar surface area (TPSA) is 16.3 Å². The van der Waals surface area contributed by atoms with Crippen molar-refractivity contribution in [3.05, 3.63) is 406 Å². The third-order valence-electron chi connectivity index (χ3n) is 22.9. The van der Waals surface area contributed by atoms with E-state index in [0.29, 0.717) is 5.56 Å². The summed E-state index contributed by atoms with van der Waals surface area (Å²) in [7, 11) is 0. The van der Waals surface area contributed by atoms with Crippen LogP contribution in [0.25, 0.3) is 144 Å². The number of fused-ring (bicyclic) bond motifs is 10. The Morgan fingerprint density at radius 3 is 0.786 bits per heavy atom. The van der Waals surface area contributed by atoms with Crippen molar-refractivity contribution >= 4 is 101 Å². The van der Waals surface area contributed by atoms with Crippen LogP contribution in [0.4, 0.5) is 34.1 Å². The van der Waals surface area contributed by atoms with E-state index in [1.54, 1.807) is 0 Å². The van der Waals surface area contributed by atoms with E-state index < -0.39 is 18.5 Å². The molecule has 0 saturated carbocycles. The van der Waals surface area contributed by atoms with Crippen molar-refractivity contribution in [3.8, 4) is 100 Å². The molecule has 19 aromatic rings. The number of nitrogens with zero attached hydrogens (tertiary/aromatic N) is 4. The maximum Gasteiger partial charge on any atom is 0.252 e. The molecule has 0 unspecified atom stereocenters. The molecule has 0 spiro atoms. The fraction of sp³-hybridized carbons (Fsp3) is 0.0467. The second-order valence-corrected chi connectivity index (χ2v) is 30.8. The van der Waals surface area contributed by atoms with Gasteiger partial charge in [-0.3, -0.25) is 0 Å². The SMILES string of the molecule is [2H]C([2H])(c1cc2c3c(c1)N(c1c(-c4ccccc4)cccc1-c1ccccc1)c1cc(-n4c5ccc(-c6ccccc6)cc5c5cc(-c6ccccc6)ccc54)ccc1B3c1ccc(-n3c4ccc(-c5ccccc5)cc4c4cc(-c5ccccc5)ccc43)cc1N2c1c(-c2ccccc2)cccc1-c1ccccc1)C(C)(C)C. The Morgan fingerprint density at radius 2 is 0.518 bits per heavy atom. The molecule has 112 heavy (non-hydrogen) atoms. The zero-order valence-corrected chi connectivity index (χ0v) is 62.5. The molecule has 2 aliphatic rings. The molecule has 5 heteroatoms. The molecule has 0 N–H and O–H groups in total. The minimum Gasteiger partial charge on any atom is -0.310 e. The molecule has 0 amide bonds. The molecule has 0 radical (unpaired) electrons. The molecule has 4 heterocycles. The summed E-state index contributed by atoms with van der Waals surface area (Å²) >= 11 is 0. The standard InChI is InChI=1S/C107H77BN4/c1-107(2,3)70-71-62-102-104-103(63-71)112(106-88(78-42-24-10-25-43-78)48-29-49-89(106)79-44-26-11-27-45-79)101-69-85(110-98-60-52-82(74-34-16-6-17-35-74)66-92(98)93-67-83(53-61-99(93)110)75-36-18-7-19-37-75)55-57-95(101)108(104)94-56-54-84(68-100(94)111(102)105-86(76-38-20-8-21-39-76)46-28-47-87(105)77-40-22-9-23-41-77)109-96-58-50-80(72-30-12-4-13-31-72)64-90(96)91-65-81(51-59-97(91)109)73-32-14-5-15-33-73/h4-69H,70H2,1-3H3/i70D2. The highest BCUT2D eigenvalue weighted by molar-refractivity contribution is 7.00. The number of hydrogen-bond donors (Lipinski definition) is 0. The summed E-state index contributed by atoms with van der Waals surface area (Å²) < 4.78 is 26.7. The Hall–Kier alpha value is -14.0. The lowest BCUT2D eigenvalue weighted by atomic mass is 9.33. The number of aromatic nitrogens is 2. The van der Waals surface area contributed by atoms with Crippen LogP contribution in [-0.4, -0.2) is 15.8 Å². The molecule has 0 atom stereocenters. The zero-order chi connectivity index (χ0) is 76.3. The second kappa shape index (κ2) is 27.0. The lowest BCUT2D eigenvalue weighted by molar-refractivity contribution is 0.411. The van der Waals surface area contributed by atoms with Gasteiger partial charge in [0.15, 0.2) is 0 Å². The van der Waals surface area contributed by atoms with Gasteiger partial charge >= 0.3 is 0 Å². The quantitative estimate of drug-likeness (QED) is 0.107. The third kappa shape index (κ3) is 11.3. The van der Waals surface area contributed by atoms with E-state index in [2.05, 4.69) is 419 Å². The van der Waals surface area contributed by atoms with Gasteiger partial charge < -0.3 is 18.9 Å². The third-order valence-corrected chi connectivity index (χ3v) is 22.9. The van der Waals surface area contributed by atoms with E-state index in [1.807, 2.05) is 20.8 Å². The van der Waals surface area contributed by atoms with Crippen LogP contribution in [0.1, 0.15) is 29.1 Å². The monoisotopic (exact) mass is 1430 g/mol. The highest BCUT2D eigenvalue weighted by Gasteiger charge is 2.46. The molecule has 0 saturated heterocycles. The molecular weight excluding hydrogens is 1350 g/mol. The van der Waals surface area contributed by atoms with E-state index in [1.165, 1.54) is 0 Å². The van der Waals surface area contributed by atoms with Gasteiger partial charge in [-0.15, -0.1) is 0 Å². The first-order chi connectivity index (χ1) is 56.0. The van der Waals surface area contributed by atoms with E-state index in [0.717, 1.165) is 195 Å². The second-order valence-electron chi connectivity index (χ2n) is 30.8. The van der Waals surface area contributed by atoms with E-state index in [-0.39, 0.29) is 0 Å². The predicted molar refractivity (Wildman–Crippen MR) is 476 cm³/mol. The van der Waals surface area contributed by atoms with E-state index >= 15 is 0 Å². The molecule has 528 valence electrons. The number of para-hydroxylation sites is 2. The summed E-state index contributed by atoms with van der Waals surface area (Å²) in [5, 5.41) is 4.62. The van der Waals surface area contributed by atoms with Gasteiger partial charge in [-0.2, -0.15) is 0 Å². The van der Waals surface area contributed by atoms with Crippen molar-refractivity contribution in [3.63, 3.8) is 0 Å². The van der Waals surface area contributed by atoms with E-state index in [9.17, 15) is 2.74 Å². The van der Waals surface area contributed by atoms with Gasteiger partial charge in [0.1, 0.15) is 0 Å². The van der Waals surface area contributed by atoms with Gasteiger partial charge in [-0.25, -0.2) is 0 Å². The molecule has 21 rings (SSSR count). The molecule has 0 aliphatic carbocycles. The highest BCUT2D eigenvalue weighted by atomic mass is 15.2. The van der Waals surface area contributed by atoms with Gasteiger partial charge in [0.25, 0.3) is 6.71 Å². The largest absolute Gasteiger partial charge is 0.310 e. The van der Waals surface area contributed by atoms with Crippen LogP contribution in [0.5, 0.6) is 0 Å². The van der Waals surface area contributed by atoms with Gasteiger partial charge in [0.2, 0.25) is 0 Å². The van der Waals surface area contributed by atoms with Crippen LogP contribution in [0.2, 0.25) is 0 Å². The first-order valence-corrected chi connectivity index (χ1v) is 38.9. The minimum absolute atomic E-state index is 0.404. The van der Waals surface area contributed by atoms with Crippen molar-refractivity contribution in [2.75, 3.05) is 9.80 Å². The Kier molecular flexibility index (Phi) is 15.4. The first kappa shape index (κ1) is 64.0. The number of rotatable bonds is 13. The van der Waals surface area contributed by atoms with Crippen molar-refractivity contribution in [1.82, 2.24) is 9.13 Å². The number of anilines is 6. The number of benzene rings is 17. The first-order valence-electron chi connectivity index (χ1n) is 39.9. The van der Waals surface area contributed by atoms with Crippen LogP contribution >= 0.6 is 0 Å². The van der Waals surface area contributed by atoms with Gasteiger partial charge in [0.05, 0.1) is 33.4 Å². The Balaban J connectivity index is 0.908. The van der Waals surface area contributed by atoms with E-state index in [4.69, 9.17) is 0 Å². The molecule has 4 nitrogen and oxygen atoms in total. The van der Waals surface area contributed by atoms with Crippen LogP contribution in [0, 0.1) is 5.41 Å². The molecule has 2 aromatic heterocycles. The van der Waals surface area contributed by atoms with Crippen LogP contribution < -0.4 is 26.2 Å². The van der Waals surface area contributed by atoms with Crippen molar-refractivity contribution < 1.29 is 2.74 Å². The Bertz CT molecular complexity index is 6250. The average molecular weight is 1430 g/mol. The molecule has 2 aliphatic heterocycles. The van der Waals surface area contributed by atoms with Crippen molar-refractivity contribution in [1.29, 1.82) is 0 Å². The smallest absolute Gasteiger partial charge is 0.252 e. The average Bonchev–Trinajstić information content (AvgIpc) is 0.717. The minimum atomic E-state index is -1.90. The summed E-state index contributed by atoms with van der Waals surface area (Å²) in [5.41, 5.74) is 32.8. The zero-order valence-electron chi connectivity index (χ0n) is 64.5. The highest BCUT2D eigenvalue weighted by Crippen LogP contribution is 2.55. The van der Waals surface area contributed by atoms with Gasteiger partial charge in [-0.1, -0.05) is 336 Å². The Labute approximate surface area is 657 Å². The maximum absolute atomic E-state index is 10.9. The van der Waals surface area contributed by atoms with Crippen molar-refractivity contribution in [2.24, 2.45) is 5.41 Å². The predicted octanol–water partition coefficient (Wildman–Crippen LogP) is 26.9. The Morgan fingerprint density at radius 1 is 0.250 bits per heavy atom. The summed E-state index contributed by atoms with van der Waals surface area (Å²) in [4.78, 5) is 5.11. The van der Waals surface area contributed by atoms with Crippen LogP contribution in [0.3, 0.4) is 0 Å².